The van der Waals surface area contributed by atoms with Gasteiger partial charge in [0.25, 0.3) is 5.91 Å². The van der Waals surface area contributed by atoms with Crippen LogP contribution in [0, 0.1) is 6.92 Å². The molecule has 0 atom stereocenters. The molecule has 6 nitrogen and oxygen atoms in total. The van der Waals surface area contributed by atoms with Gasteiger partial charge in [-0.2, -0.15) is 0 Å². The third-order valence-corrected chi connectivity index (χ3v) is 4.94. The number of nitrogens with one attached hydrogen (secondary N) is 1. The van der Waals surface area contributed by atoms with E-state index in [4.69, 9.17) is 4.74 Å². The smallest absolute Gasteiger partial charge is 0.274 e. The quantitative estimate of drug-likeness (QED) is 0.756. The van der Waals surface area contributed by atoms with Crippen LogP contribution in [-0.4, -0.2) is 29.5 Å². The summed E-state index contributed by atoms with van der Waals surface area (Å²) in [5, 5.41) is 2.89. The number of carbonyl (C=O) groups is 1. The Labute approximate surface area is 164 Å². The molecule has 1 N–H and O–H groups in total. The molecule has 1 aliphatic rings. The number of nitrogens with zero attached hydrogens (tertiary/aromatic N) is 3. The fourth-order valence-corrected chi connectivity index (χ4v) is 3.44. The maximum atomic E-state index is 12.8. The zero-order valence-corrected chi connectivity index (χ0v) is 16.0. The summed E-state index contributed by atoms with van der Waals surface area (Å²) in [5.41, 5.74) is 4.65. The monoisotopic (exact) mass is 374 g/mol. The largest absolute Gasteiger partial charge is 0.495 e. The van der Waals surface area contributed by atoms with Crippen LogP contribution in [-0.2, 0) is 13.0 Å². The lowest BCUT2D eigenvalue weighted by molar-refractivity contribution is 0.102. The Kier molecular flexibility index (Phi) is 4.93. The minimum absolute atomic E-state index is 0.287. The van der Waals surface area contributed by atoms with E-state index in [9.17, 15) is 4.79 Å². The first-order valence-corrected chi connectivity index (χ1v) is 9.24. The number of hydrogen-bond donors (Lipinski definition) is 1. The number of aromatic nitrogens is 2. The summed E-state index contributed by atoms with van der Waals surface area (Å²) < 4.78 is 5.33. The Bertz CT molecular complexity index is 1020. The predicted octanol–water partition coefficient (Wildman–Crippen LogP) is 3.61. The number of benzene rings is 2. The number of hydrogen-bond acceptors (Lipinski definition) is 5. The Morgan fingerprint density at radius 1 is 1.11 bits per heavy atom. The van der Waals surface area contributed by atoms with Crippen LogP contribution in [0.5, 0.6) is 5.75 Å². The first-order chi connectivity index (χ1) is 13.6. The van der Waals surface area contributed by atoms with Crippen molar-refractivity contribution in [3.05, 3.63) is 77.2 Å². The van der Waals surface area contributed by atoms with Gasteiger partial charge in [-0.3, -0.25) is 4.79 Å². The van der Waals surface area contributed by atoms with Crippen molar-refractivity contribution in [1.82, 2.24) is 9.97 Å². The summed E-state index contributed by atoms with van der Waals surface area (Å²) in [6, 6.07) is 15.8. The SMILES string of the molecule is COc1ccc(C)cc1NC(=O)c1cc(N2CCc3ccccc3C2)ncn1. The second-order valence-electron chi connectivity index (χ2n) is 6.86. The minimum Gasteiger partial charge on any atom is -0.495 e. The lowest BCUT2D eigenvalue weighted by Gasteiger charge is -2.29. The molecule has 142 valence electrons. The number of fused-ring (bicyclic) bond motifs is 1. The molecular weight excluding hydrogens is 352 g/mol. The van der Waals surface area contributed by atoms with E-state index in [1.54, 1.807) is 13.2 Å². The minimum atomic E-state index is -0.287. The molecule has 0 saturated heterocycles. The summed E-state index contributed by atoms with van der Waals surface area (Å²) in [6.45, 7) is 3.60. The molecule has 0 spiro atoms. The van der Waals surface area contributed by atoms with E-state index in [1.807, 2.05) is 25.1 Å². The van der Waals surface area contributed by atoms with Gasteiger partial charge in [-0.05, 0) is 42.2 Å². The summed E-state index contributed by atoms with van der Waals surface area (Å²) in [5.74, 6) is 1.08. The third kappa shape index (κ3) is 3.67. The van der Waals surface area contributed by atoms with Crippen LogP contribution in [0.3, 0.4) is 0 Å². The highest BCUT2D eigenvalue weighted by molar-refractivity contribution is 6.04. The maximum absolute atomic E-state index is 12.8. The molecule has 2 heterocycles. The second kappa shape index (κ2) is 7.68. The molecule has 6 heteroatoms. The molecule has 0 fully saturated rings. The van der Waals surface area contributed by atoms with Gasteiger partial charge in [-0.25, -0.2) is 9.97 Å². The van der Waals surface area contributed by atoms with Crippen molar-refractivity contribution < 1.29 is 9.53 Å². The molecule has 3 aromatic rings. The topological polar surface area (TPSA) is 67.3 Å². The third-order valence-electron chi connectivity index (χ3n) is 4.94. The molecule has 1 amide bonds. The van der Waals surface area contributed by atoms with Gasteiger partial charge in [0.05, 0.1) is 12.8 Å². The molecule has 2 aromatic carbocycles. The Morgan fingerprint density at radius 2 is 1.93 bits per heavy atom. The standard InChI is InChI=1S/C22H22N4O2/c1-15-7-8-20(28-2)18(11-15)25-22(27)19-12-21(24-14-23-19)26-10-9-16-5-3-4-6-17(16)13-26/h3-8,11-12,14H,9-10,13H2,1-2H3,(H,25,27). The highest BCUT2D eigenvalue weighted by Crippen LogP contribution is 2.26. The number of anilines is 2. The van der Waals surface area contributed by atoms with Gasteiger partial charge in [-0.1, -0.05) is 30.3 Å². The van der Waals surface area contributed by atoms with Crippen molar-refractivity contribution in [2.24, 2.45) is 0 Å². The van der Waals surface area contributed by atoms with Gasteiger partial charge in [0, 0.05) is 19.2 Å². The normalized spacial score (nSPS) is 13.0. The fourth-order valence-electron chi connectivity index (χ4n) is 3.44. The Balaban J connectivity index is 1.54. The van der Waals surface area contributed by atoms with Crippen molar-refractivity contribution in [2.45, 2.75) is 19.9 Å². The number of aryl methyl sites for hydroxylation is 1. The van der Waals surface area contributed by atoms with Crippen molar-refractivity contribution in [1.29, 1.82) is 0 Å². The first-order valence-electron chi connectivity index (χ1n) is 9.24. The Hall–Kier alpha value is -3.41. The van der Waals surface area contributed by atoms with Crippen LogP contribution >= 0.6 is 0 Å². The molecule has 0 unspecified atom stereocenters. The van der Waals surface area contributed by atoms with Crippen LogP contribution in [0.4, 0.5) is 11.5 Å². The number of rotatable bonds is 4. The van der Waals surface area contributed by atoms with E-state index in [-0.39, 0.29) is 5.91 Å². The van der Waals surface area contributed by atoms with Gasteiger partial charge >= 0.3 is 0 Å². The summed E-state index contributed by atoms with van der Waals surface area (Å²) in [7, 11) is 1.58. The van der Waals surface area contributed by atoms with Gasteiger partial charge < -0.3 is 15.0 Å². The Morgan fingerprint density at radius 3 is 2.75 bits per heavy atom. The molecule has 0 bridgehead atoms. The van der Waals surface area contributed by atoms with Crippen LogP contribution in [0.15, 0.2) is 54.9 Å². The molecule has 1 aliphatic heterocycles. The molecule has 0 aliphatic carbocycles. The lowest BCUT2D eigenvalue weighted by atomic mass is 10.00. The van der Waals surface area contributed by atoms with Gasteiger partial charge in [0.1, 0.15) is 23.6 Å². The predicted molar refractivity (Wildman–Crippen MR) is 109 cm³/mol. The average molecular weight is 374 g/mol. The highest BCUT2D eigenvalue weighted by Gasteiger charge is 2.19. The molecular formula is C22H22N4O2. The zero-order valence-electron chi connectivity index (χ0n) is 16.0. The van der Waals surface area contributed by atoms with Crippen molar-refractivity contribution in [3.63, 3.8) is 0 Å². The number of amides is 1. The van der Waals surface area contributed by atoms with Crippen LogP contribution in [0.25, 0.3) is 0 Å². The second-order valence-corrected chi connectivity index (χ2v) is 6.86. The average Bonchev–Trinajstić information content (AvgIpc) is 2.73. The summed E-state index contributed by atoms with van der Waals surface area (Å²) >= 11 is 0. The van der Waals surface area contributed by atoms with Gasteiger partial charge in [0.15, 0.2) is 0 Å². The number of methoxy groups -OCH3 is 1. The van der Waals surface area contributed by atoms with E-state index in [0.29, 0.717) is 17.1 Å². The van der Waals surface area contributed by atoms with Crippen molar-refractivity contribution in [3.8, 4) is 5.75 Å². The van der Waals surface area contributed by atoms with Crippen LogP contribution in [0.2, 0.25) is 0 Å². The molecule has 4 rings (SSSR count). The zero-order chi connectivity index (χ0) is 19.5. The van der Waals surface area contributed by atoms with Crippen LogP contribution < -0.4 is 15.0 Å². The van der Waals surface area contributed by atoms with E-state index >= 15 is 0 Å². The van der Waals surface area contributed by atoms with Crippen molar-refractivity contribution in [2.75, 3.05) is 23.9 Å². The van der Waals surface area contributed by atoms with Crippen molar-refractivity contribution >= 4 is 17.4 Å². The maximum Gasteiger partial charge on any atom is 0.274 e. The first kappa shape index (κ1) is 18.0. The number of ether oxygens (including phenoxy) is 1. The summed E-state index contributed by atoms with van der Waals surface area (Å²) in [4.78, 5) is 23.5. The summed E-state index contributed by atoms with van der Waals surface area (Å²) in [6.07, 6.45) is 2.40. The lowest BCUT2D eigenvalue weighted by Crippen LogP contribution is -2.31. The van der Waals surface area contributed by atoms with Crippen LogP contribution in [0.1, 0.15) is 27.2 Å². The van der Waals surface area contributed by atoms with E-state index < -0.39 is 0 Å². The highest BCUT2D eigenvalue weighted by atomic mass is 16.5. The van der Waals surface area contributed by atoms with Gasteiger partial charge in [0.2, 0.25) is 0 Å². The van der Waals surface area contributed by atoms with E-state index in [0.717, 1.165) is 30.9 Å². The van der Waals surface area contributed by atoms with Gasteiger partial charge in [-0.15, -0.1) is 0 Å². The molecule has 1 aromatic heterocycles. The fraction of sp³-hybridized carbons (Fsp3) is 0.227. The van der Waals surface area contributed by atoms with E-state index in [1.165, 1.54) is 17.5 Å². The molecule has 0 saturated carbocycles. The van der Waals surface area contributed by atoms with E-state index in [2.05, 4.69) is 44.5 Å². The molecule has 28 heavy (non-hydrogen) atoms. The number of carbonyl (C=O) groups excluding carboxylic acids is 1. The molecule has 0 radical (unpaired) electrons.